The Hall–Kier alpha value is -2.10. The number of benzene rings is 2. The van der Waals surface area contributed by atoms with E-state index in [-0.39, 0.29) is 48.5 Å². The highest BCUT2D eigenvalue weighted by Crippen LogP contribution is 2.27. The van der Waals surface area contributed by atoms with Gasteiger partial charge in [0.25, 0.3) is 0 Å². The second kappa shape index (κ2) is 10.8. The van der Waals surface area contributed by atoms with E-state index in [1.165, 1.54) is 18.2 Å². The molecule has 3 N–H and O–H groups in total. The van der Waals surface area contributed by atoms with Crippen molar-refractivity contribution in [1.29, 1.82) is 0 Å². The quantitative estimate of drug-likeness (QED) is 0.365. The molecule has 0 radical (unpaired) electrons. The van der Waals surface area contributed by atoms with E-state index >= 15 is 0 Å². The van der Waals surface area contributed by atoms with Crippen LogP contribution in [-0.2, 0) is 13.0 Å². The molecule has 2 rings (SSSR count). The molecule has 0 bridgehead atoms. The van der Waals surface area contributed by atoms with Crippen LogP contribution in [-0.4, -0.2) is 26.7 Å². The van der Waals surface area contributed by atoms with Crippen molar-refractivity contribution in [3.8, 4) is 11.5 Å². The van der Waals surface area contributed by atoms with E-state index in [1.807, 2.05) is 12.1 Å². The van der Waals surface area contributed by atoms with Crippen LogP contribution in [0.15, 0.2) is 41.4 Å². The van der Waals surface area contributed by atoms with Crippen molar-refractivity contribution in [2.75, 3.05) is 20.8 Å². The van der Waals surface area contributed by atoms with Crippen molar-refractivity contribution >= 4 is 29.9 Å². The van der Waals surface area contributed by atoms with Gasteiger partial charge in [-0.15, -0.1) is 24.0 Å². The van der Waals surface area contributed by atoms with Crippen LogP contribution in [0, 0.1) is 11.6 Å². The first-order valence-electron chi connectivity index (χ1n) is 7.72. The van der Waals surface area contributed by atoms with E-state index in [1.54, 1.807) is 20.3 Å². The maximum Gasteiger partial charge on any atom is 0.188 e. The summed E-state index contributed by atoms with van der Waals surface area (Å²) in [7, 11) is 3.12. The first kappa shape index (κ1) is 21.9. The standard InChI is InChI=1S/C18H21F2N3O2.HI/c1-24-16-7-6-12(10-17(16)25-2)11-23-18(21)22-9-8-13-14(19)4-3-5-15(13)20;/h3-7,10H,8-9,11H2,1-2H3,(H3,21,22,23);1H. The number of guanidine groups is 1. The van der Waals surface area contributed by atoms with E-state index < -0.39 is 11.6 Å². The largest absolute Gasteiger partial charge is 0.493 e. The number of ether oxygens (including phenoxy) is 2. The molecule has 0 amide bonds. The van der Waals surface area contributed by atoms with Crippen LogP contribution < -0.4 is 20.5 Å². The maximum atomic E-state index is 13.5. The number of hydrogen-bond acceptors (Lipinski definition) is 3. The normalized spacial score (nSPS) is 10.8. The van der Waals surface area contributed by atoms with Crippen molar-refractivity contribution in [3.63, 3.8) is 0 Å². The van der Waals surface area contributed by atoms with Crippen LogP contribution in [0.2, 0.25) is 0 Å². The molecule has 8 heteroatoms. The average molecular weight is 477 g/mol. The van der Waals surface area contributed by atoms with Crippen LogP contribution in [0.4, 0.5) is 8.78 Å². The molecule has 0 aromatic heterocycles. The predicted octanol–water partition coefficient (Wildman–Crippen LogP) is 3.25. The highest BCUT2D eigenvalue weighted by molar-refractivity contribution is 14.0. The van der Waals surface area contributed by atoms with Gasteiger partial charge >= 0.3 is 0 Å². The lowest BCUT2D eigenvalue weighted by Gasteiger charge is -2.09. The molecule has 0 fully saturated rings. The van der Waals surface area contributed by atoms with Crippen molar-refractivity contribution in [2.45, 2.75) is 13.0 Å². The van der Waals surface area contributed by atoms with Gasteiger partial charge in [0.1, 0.15) is 11.6 Å². The van der Waals surface area contributed by atoms with Gasteiger partial charge in [-0.1, -0.05) is 12.1 Å². The van der Waals surface area contributed by atoms with Crippen LogP contribution >= 0.6 is 24.0 Å². The SMILES string of the molecule is COc1ccc(CN=C(N)NCCc2c(F)cccc2F)cc1OC.I. The second-order valence-corrected chi connectivity index (χ2v) is 5.27. The Kier molecular flexibility index (Phi) is 9.11. The summed E-state index contributed by atoms with van der Waals surface area (Å²) in [5.41, 5.74) is 6.71. The molecular weight excluding hydrogens is 455 g/mol. The molecule has 0 aliphatic carbocycles. The molecule has 0 aliphatic rings. The zero-order valence-electron chi connectivity index (χ0n) is 14.6. The number of aliphatic imine (C=N–C) groups is 1. The van der Waals surface area contributed by atoms with Gasteiger partial charge < -0.3 is 20.5 Å². The topological polar surface area (TPSA) is 68.9 Å². The first-order chi connectivity index (χ1) is 12.0. The number of nitrogens with zero attached hydrogens (tertiary/aromatic N) is 1. The summed E-state index contributed by atoms with van der Waals surface area (Å²) in [5, 5.41) is 2.85. The molecule has 5 nitrogen and oxygen atoms in total. The minimum atomic E-state index is -0.567. The Balaban J connectivity index is 0.00000338. The van der Waals surface area contributed by atoms with Gasteiger partial charge in [-0.3, -0.25) is 0 Å². The van der Waals surface area contributed by atoms with E-state index in [2.05, 4.69) is 10.3 Å². The second-order valence-electron chi connectivity index (χ2n) is 5.27. The Morgan fingerprint density at radius 1 is 1.08 bits per heavy atom. The Morgan fingerprint density at radius 3 is 2.35 bits per heavy atom. The smallest absolute Gasteiger partial charge is 0.188 e. The zero-order chi connectivity index (χ0) is 18.2. The van der Waals surface area contributed by atoms with E-state index in [0.717, 1.165) is 5.56 Å². The molecule has 2 aromatic rings. The number of halogens is 3. The third kappa shape index (κ3) is 6.01. The number of methoxy groups -OCH3 is 2. The molecule has 0 unspecified atom stereocenters. The van der Waals surface area contributed by atoms with E-state index in [4.69, 9.17) is 15.2 Å². The summed E-state index contributed by atoms with van der Waals surface area (Å²) in [6.07, 6.45) is 0.172. The molecular formula is C18H22F2IN3O2. The molecule has 0 atom stereocenters. The molecule has 2 aromatic carbocycles. The van der Waals surface area contributed by atoms with Crippen molar-refractivity contribution < 1.29 is 18.3 Å². The average Bonchev–Trinajstić information content (AvgIpc) is 2.62. The summed E-state index contributed by atoms with van der Waals surface area (Å²) < 4.78 is 37.5. The first-order valence-corrected chi connectivity index (χ1v) is 7.72. The number of nitrogens with two attached hydrogens (primary N) is 1. The number of hydrogen-bond donors (Lipinski definition) is 2. The van der Waals surface area contributed by atoms with E-state index in [9.17, 15) is 8.78 Å². The summed E-state index contributed by atoms with van der Waals surface area (Å²) >= 11 is 0. The molecule has 142 valence electrons. The van der Waals surface area contributed by atoms with Gasteiger partial charge in [-0.05, 0) is 36.2 Å². The van der Waals surface area contributed by atoms with Gasteiger partial charge in [-0.2, -0.15) is 0 Å². The number of rotatable bonds is 7. The third-order valence-electron chi connectivity index (χ3n) is 3.62. The third-order valence-corrected chi connectivity index (χ3v) is 3.62. The molecule has 26 heavy (non-hydrogen) atoms. The summed E-state index contributed by atoms with van der Waals surface area (Å²) in [6.45, 7) is 0.617. The Labute approximate surface area is 168 Å². The molecule has 0 saturated carbocycles. The molecule has 0 aliphatic heterocycles. The van der Waals surface area contributed by atoms with E-state index in [0.29, 0.717) is 18.0 Å². The minimum Gasteiger partial charge on any atom is -0.493 e. The number of nitrogens with one attached hydrogen (secondary N) is 1. The van der Waals surface area contributed by atoms with Gasteiger partial charge in [0, 0.05) is 12.1 Å². The minimum absolute atomic E-state index is 0. The van der Waals surface area contributed by atoms with Crippen LogP contribution in [0.3, 0.4) is 0 Å². The lowest BCUT2D eigenvalue weighted by atomic mass is 10.1. The van der Waals surface area contributed by atoms with Gasteiger partial charge in [-0.25, -0.2) is 13.8 Å². The maximum absolute atomic E-state index is 13.5. The molecule has 0 heterocycles. The zero-order valence-corrected chi connectivity index (χ0v) is 16.9. The van der Waals surface area contributed by atoms with Crippen LogP contribution in [0.1, 0.15) is 11.1 Å². The summed E-state index contributed by atoms with van der Waals surface area (Å²) in [5.74, 6) is 0.307. The predicted molar refractivity (Wildman–Crippen MR) is 108 cm³/mol. The van der Waals surface area contributed by atoms with Gasteiger partial charge in [0.2, 0.25) is 0 Å². The molecule has 0 saturated heterocycles. The fourth-order valence-electron chi connectivity index (χ4n) is 2.30. The van der Waals surface area contributed by atoms with Crippen LogP contribution in [0.5, 0.6) is 11.5 Å². The molecule has 0 spiro atoms. The Bertz CT molecular complexity index is 737. The highest BCUT2D eigenvalue weighted by Gasteiger charge is 2.08. The fraction of sp³-hybridized carbons (Fsp3) is 0.278. The summed E-state index contributed by atoms with van der Waals surface area (Å²) in [6, 6.07) is 9.24. The lowest BCUT2D eigenvalue weighted by molar-refractivity contribution is 0.354. The lowest BCUT2D eigenvalue weighted by Crippen LogP contribution is -2.33. The van der Waals surface area contributed by atoms with Crippen molar-refractivity contribution in [3.05, 3.63) is 59.2 Å². The Morgan fingerprint density at radius 2 is 1.73 bits per heavy atom. The highest BCUT2D eigenvalue weighted by atomic mass is 127. The van der Waals surface area contributed by atoms with Crippen molar-refractivity contribution in [1.82, 2.24) is 5.32 Å². The van der Waals surface area contributed by atoms with Crippen molar-refractivity contribution in [2.24, 2.45) is 10.7 Å². The van der Waals surface area contributed by atoms with Crippen LogP contribution in [0.25, 0.3) is 0 Å². The van der Waals surface area contributed by atoms with Gasteiger partial charge in [0.15, 0.2) is 17.5 Å². The van der Waals surface area contributed by atoms with Gasteiger partial charge in [0.05, 0.1) is 20.8 Å². The monoisotopic (exact) mass is 477 g/mol. The fourth-order valence-corrected chi connectivity index (χ4v) is 2.30. The summed E-state index contributed by atoms with van der Waals surface area (Å²) in [4.78, 5) is 4.20.